The highest BCUT2D eigenvalue weighted by atomic mass is 19.1. The van der Waals surface area contributed by atoms with E-state index in [0.717, 1.165) is 23.1 Å². The summed E-state index contributed by atoms with van der Waals surface area (Å²) in [5.74, 6) is -1.04. The Bertz CT molecular complexity index is 955. The van der Waals surface area contributed by atoms with Crippen LogP contribution in [0, 0.1) is 17.1 Å². The van der Waals surface area contributed by atoms with Crippen molar-refractivity contribution in [3.8, 4) is 17.2 Å². The first-order valence-corrected chi connectivity index (χ1v) is 9.91. The zero-order chi connectivity index (χ0) is 21.7. The number of likely N-dealkylation sites (tertiary alicyclic amines) is 1. The number of benzene rings is 2. The summed E-state index contributed by atoms with van der Waals surface area (Å²) in [6.07, 6.45) is 0.774. The lowest BCUT2D eigenvalue weighted by molar-refractivity contribution is -0.144. The van der Waals surface area contributed by atoms with Gasteiger partial charge in [-0.15, -0.1) is 0 Å². The molecule has 2 aromatic carbocycles. The van der Waals surface area contributed by atoms with Crippen LogP contribution in [0.3, 0.4) is 0 Å². The van der Waals surface area contributed by atoms with E-state index in [1.807, 2.05) is 37.3 Å². The Labute approximate surface area is 175 Å². The van der Waals surface area contributed by atoms with Crippen molar-refractivity contribution in [2.45, 2.75) is 38.3 Å². The molecule has 0 bridgehead atoms. The molecule has 2 aromatic rings. The number of rotatable bonds is 6. The Morgan fingerprint density at radius 1 is 1.20 bits per heavy atom. The largest absolute Gasteiger partial charge is 0.464 e. The molecule has 0 spiro atoms. The van der Waals surface area contributed by atoms with Gasteiger partial charge in [0.1, 0.15) is 18.5 Å². The van der Waals surface area contributed by atoms with Crippen LogP contribution in [0.5, 0.6) is 0 Å². The van der Waals surface area contributed by atoms with E-state index in [1.54, 1.807) is 6.07 Å². The predicted octanol–water partition coefficient (Wildman–Crippen LogP) is 3.84. The number of halogens is 1. The van der Waals surface area contributed by atoms with E-state index >= 15 is 0 Å². The van der Waals surface area contributed by atoms with Gasteiger partial charge in [-0.2, -0.15) is 5.26 Å². The van der Waals surface area contributed by atoms with Crippen LogP contribution < -0.4 is 5.32 Å². The van der Waals surface area contributed by atoms with Gasteiger partial charge in [0.15, 0.2) is 0 Å². The number of carbonyl (C=O) groups excluding carboxylic acids is 2. The molecule has 1 saturated heterocycles. The van der Waals surface area contributed by atoms with Gasteiger partial charge in [0, 0.05) is 19.4 Å². The fraction of sp³-hybridized carbons (Fsp3) is 0.348. The van der Waals surface area contributed by atoms with E-state index in [2.05, 4.69) is 11.4 Å². The standard InChI is InChI=1S/C23H24FN3O3/c1-3-11-26-23(29)27-20(13-25)22(21(27)14-30-15(2)28)17-9-7-16(8-10-17)18-5-4-6-19(24)12-18/h4-10,12,20-22H,3,11,14H2,1-2H3,(H,26,29)/t20-,21-,22+/m1/s1. The fourth-order valence-corrected chi connectivity index (χ4v) is 3.76. The molecule has 1 heterocycles. The highest BCUT2D eigenvalue weighted by Gasteiger charge is 2.52. The Hall–Kier alpha value is -3.40. The number of esters is 1. The van der Waals surface area contributed by atoms with Gasteiger partial charge in [0.05, 0.1) is 12.1 Å². The number of hydrogen-bond donors (Lipinski definition) is 1. The number of ether oxygens (including phenoxy) is 1. The Kier molecular flexibility index (Phi) is 6.68. The minimum absolute atomic E-state index is 0.0172. The zero-order valence-corrected chi connectivity index (χ0v) is 17.0. The molecular weight excluding hydrogens is 385 g/mol. The fourth-order valence-electron chi connectivity index (χ4n) is 3.76. The second kappa shape index (κ2) is 9.40. The van der Waals surface area contributed by atoms with Gasteiger partial charge < -0.3 is 15.0 Å². The maximum absolute atomic E-state index is 13.5. The van der Waals surface area contributed by atoms with E-state index in [-0.39, 0.29) is 24.4 Å². The lowest BCUT2D eigenvalue weighted by Crippen LogP contribution is -2.67. The summed E-state index contributed by atoms with van der Waals surface area (Å²) in [5, 5.41) is 12.5. The van der Waals surface area contributed by atoms with E-state index in [1.165, 1.54) is 24.0 Å². The van der Waals surface area contributed by atoms with Gasteiger partial charge in [-0.3, -0.25) is 4.79 Å². The van der Waals surface area contributed by atoms with Crippen LogP contribution in [0.1, 0.15) is 31.7 Å². The highest BCUT2D eigenvalue weighted by molar-refractivity contribution is 5.77. The van der Waals surface area contributed by atoms with Crippen molar-refractivity contribution < 1.29 is 18.7 Å². The Balaban J connectivity index is 1.85. The highest BCUT2D eigenvalue weighted by Crippen LogP contribution is 2.41. The third-order valence-electron chi connectivity index (χ3n) is 5.22. The average molecular weight is 409 g/mol. The third kappa shape index (κ3) is 4.43. The molecule has 3 atom stereocenters. The van der Waals surface area contributed by atoms with E-state index in [4.69, 9.17) is 4.74 Å². The number of nitrogens with one attached hydrogen (secondary N) is 1. The molecule has 1 fully saturated rings. The first-order chi connectivity index (χ1) is 14.5. The zero-order valence-electron chi connectivity index (χ0n) is 17.0. The number of nitriles is 1. The van der Waals surface area contributed by atoms with Gasteiger partial charge in [0.25, 0.3) is 0 Å². The number of nitrogens with zero attached hydrogens (tertiary/aromatic N) is 2. The molecule has 1 aliphatic rings. The maximum Gasteiger partial charge on any atom is 0.318 e. The molecular formula is C23H24FN3O3. The minimum Gasteiger partial charge on any atom is -0.464 e. The van der Waals surface area contributed by atoms with Crippen LogP contribution in [0.4, 0.5) is 9.18 Å². The second-order valence-corrected chi connectivity index (χ2v) is 7.24. The number of amides is 2. The van der Waals surface area contributed by atoms with Crippen LogP contribution in [0.2, 0.25) is 0 Å². The van der Waals surface area contributed by atoms with Gasteiger partial charge in [-0.05, 0) is 35.2 Å². The Morgan fingerprint density at radius 2 is 1.93 bits per heavy atom. The molecule has 30 heavy (non-hydrogen) atoms. The molecule has 6 nitrogen and oxygen atoms in total. The molecule has 7 heteroatoms. The molecule has 3 rings (SSSR count). The topological polar surface area (TPSA) is 82.4 Å². The summed E-state index contributed by atoms with van der Waals surface area (Å²) in [6.45, 7) is 3.77. The van der Waals surface area contributed by atoms with Gasteiger partial charge in [-0.1, -0.05) is 43.3 Å². The average Bonchev–Trinajstić information content (AvgIpc) is 2.72. The van der Waals surface area contributed by atoms with Crippen LogP contribution in [-0.2, 0) is 9.53 Å². The molecule has 2 amide bonds. The first-order valence-electron chi connectivity index (χ1n) is 9.91. The quantitative estimate of drug-likeness (QED) is 0.735. The lowest BCUT2D eigenvalue weighted by atomic mass is 9.75. The molecule has 0 aliphatic carbocycles. The summed E-state index contributed by atoms with van der Waals surface area (Å²) < 4.78 is 18.7. The molecule has 1 aliphatic heterocycles. The molecule has 0 radical (unpaired) electrons. The molecule has 1 N–H and O–H groups in total. The van der Waals surface area contributed by atoms with Crippen molar-refractivity contribution in [1.29, 1.82) is 5.26 Å². The number of hydrogen-bond acceptors (Lipinski definition) is 4. The smallest absolute Gasteiger partial charge is 0.318 e. The van der Waals surface area contributed by atoms with Gasteiger partial charge in [0.2, 0.25) is 0 Å². The van der Waals surface area contributed by atoms with Crippen LogP contribution in [0.25, 0.3) is 11.1 Å². The van der Waals surface area contributed by atoms with Crippen molar-refractivity contribution in [2.75, 3.05) is 13.2 Å². The summed E-state index contributed by atoms with van der Waals surface area (Å²) >= 11 is 0. The van der Waals surface area contributed by atoms with E-state index in [0.29, 0.717) is 6.54 Å². The summed E-state index contributed by atoms with van der Waals surface area (Å²) in [5.41, 5.74) is 2.46. The lowest BCUT2D eigenvalue weighted by Gasteiger charge is -2.51. The third-order valence-corrected chi connectivity index (χ3v) is 5.22. The van der Waals surface area contributed by atoms with Crippen LogP contribution in [0.15, 0.2) is 48.5 Å². The minimum atomic E-state index is -0.664. The normalized spacial score (nSPS) is 20.1. The first kappa shape index (κ1) is 21.3. The monoisotopic (exact) mass is 409 g/mol. The molecule has 156 valence electrons. The van der Waals surface area contributed by atoms with E-state index < -0.39 is 18.1 Å². The van der Waals surface area contributed by atoms with Crippen molar-refractivity contribution in [2.24, 2.45) is 0 Å². The molecule has 0 saturated carbocycles. The number of carbonyl (C=O) groups is 2. The number of urea groups is 1. The SMILES string of the molecule is CCCNC(=O)N1[C@H](C#N)[C@H](c2ccc(-c3cccc(F)c3)cc2)[C@H]1COC(C)=O. The van der Waals surface area contributed by atoms with Crippen molar-refractivity contribution >= 4 is 12.0 Å². The predicted molar refractivity (Wildman–Crippen MR) is 110 cm³/mol. The van der Waals surface area contributed by atoms with Crippen LogP contribution in [-0.4, -0.2) is 42.1 Å². The van der Waals surface area contributed by atoms with E-state index in [9.17, 15) is 19.2 Å². The molecule has 0 aromatic heterocycles. The van der Waals surface area contributed by atoms with Gasteiger partial charge in [-0.25, -0.2) is 9.18 Å². The Morgan fingerprint density at radius 3 is 2.53 bits per heavy atom. The maximum atomic E-state index is 13.5. The van der Waals surface area contributed by atoms with Crippen molar-refractivity contribution in [1.82, 2.24) is 10.2 Å². The second-order valence-electron chi connectivity index (χ2n) is 7.24. The summed E-state index contributed by atoms with van der Waals surface area (Å²) in [4.78, 5) is 25.3. The van der Waals surface area contributed by atoms with Gasteiger partial charge >= 0.3 is 12.0 Å². The molecule has 0 unspecified atom stereocenters. The summed E-state index contributed by atoms with van der Waals surface area (Å²) in [6, 6.07) is 14.6. The van der Waals surface area contributed by atoms with Crippen LogP contribution >= 0.6 is 0 Å². The van der Waals surface area contributed by atoms with Crippen molar-refractivity contribution in [3.05, 3.63) is 59.9 Å². The summed E-state index contributed by atoms with van der Waals surface area (Å²) in [7, 11) is 0. The van der Waals surface area contributed by atoms with Crippen molar-refractivity contribution in [3.63, 3.8) is 0 Å².